The minimum atomic E-state index is 0.678. The molecule has 3 saturated carbocycles. The van der Waals surface area contributed by atoms with Gasteiger partial charge in [-0.15, -0.1) is 0 Å². The van der Waals surface area contributed by atoms with Crippen molar-refractivity contribution < 1.29 is 0 Å². The Morgan fingerprint density at radius 3 is 2.08 bits per heavy atom. The lowest BCUT2D eigenvalue weighted by molar-refractivity contribution is 0.338. The summed E-state index contributed by atoms with van der Waals surface area (Å²) in [7, 11) is 0. The maximum absolute atomic E-state index is 3.84. The Balaban J connectivity index is 1.25. The van der Waals surface area contributed by atoms with E-state index in [2.05, 4.69) is 82.7 Å². The van der Waals surface area contributed by atoms with Gasteiger partial charge >= 0.3 is 0 Å². The van der Waals surface area contributed by atoms with Gasteiger partial charge in [-0.2, -0.15) is 0 Å². The first-order chi connectivity index (χ1) is 18.3. The molecule has 0 heterocycles. The fraction of sp³-hybridized carbons (Fsp3) is 0.471. The van der Waals surface area contributed by atoms with E-state index in [1.807, 2.05) is 0 Å². The number of hydrogen-bond donors (Lipinski definition) is 3. The smallest absolute Gasteiger partial charge is 0.0214 e. The van der Waals surface area contributed by atoms with E-state index in [1.165, 1.54) is 96.7 Å². The van der Waals surface area contributed by atoms with Crippen LogP contribution in [0.3, 0.4) is 0 Å². The lowest BCUT2D eigenvalue weighted by Gasteiger charge is -2.27. The standard InChI is InChI=1S/C34H43N3/c1-4-14-33(29(8-1)23-35-21-25-15-16-25)28-17-18-34(30(20-28)24-37-32-12-6-13-32)27-9-5-7-26(19-27)22-36-31-10-2-3-11-31/h1,4-5,7-9,14,17-20,25,31-32,35-37H,2-3,6,10-13,15-16,21-24H2. The van der Waals surface area contributed by atoms with Crippen LogP contribution in [-0.2, 0) is 19.6 Å². The first-order valence-electron chi connectivity index (χ1n) is 14.8. The summed E-state index contributed by atoms with van der Waals surface area (Å²) in [5.41, 5.74) is 9.58. The second kappa shape index (κ2) is 11.9. The molecule has 0 aliphatic heterocycles. The van der Waals surface area contributed by atoms with Gasteiger partial charge in [-0.3, -0.25) is 0 Å². The Labute approximate surface area is 223 Å². The van der Waals surface area contributed by atoms with Crippen LogP contribution in [0, 0.1) is 5.92 Å². The molecule has 0 bridgehead atoms. The average molecular weight is 494 g/mol. The van der Waals surface area contributed by atoms with E-state index in [9.17, 15) is 0 Å². The predicted octanol–water partition coefficient (Wildman–Crippen LogP) is 7.19. The number of nitrogens with one attached hydrogen (secondary N) is 3. The Kier molecular flexibility index (Phi) is 8.02. The topological polar surface area (TPSA) is 36.1 Å². The molecule has 0 spiro atoms. The molecule has 194 valence electrons. The Morgan fingerprint density at radius 1 is 0.568 bits per heavy atom. The summed E-state index contributed by atoms with van der Waals surface area (Å²) >= 11 is 0. The van der Waals surface area contributed by atoms with Gasteiger partial charge in [0.15, 0.2) is 0 Å². The van der Waals surface area contributed by atoms with Crippen LogP contribution >= 0.6 is 0 Å². The van der Waals surface area contributed by atoms with Crippen LogP contribution in [0.15, 0.2) is 66.7 Å². The van der Waals surface area contributed by atoms with E-state index in [1.54, 1.807) is 0 Å². The molecule has 0 amide bonds. The fourth-order valence-corrected chi connectivity index (χ4v) is 5.99. The Morgan fingerprint density at radius 2 is 1.30 bits per heavy atom. The highest BCUT2D eigenvalue weighted by molar-refractivity contribution is 5.75. The van der Waals surface area contributed by atoms with E-state index in [0.717, 1.165) is 32.1 Å². The molecule has 0 aromatic heterocycles. The fourth-order valence-electron chi connectivity index (χ4n) is 5.99. The van der Waals surface area contributed by atoms with Crippen LogP contribution < -0.4 is 16.0 Å². The van der Waals surface area contributed by atoms with Crippen LogP contribution in [0.4, 0.5) is 0 Å². The summed E-state index contributed by atoms with van der Waals surface area (Å²) < 4.78 is 0. The Bertz CT molecular complexity index is 1170. The van der Waals surface area contributed by atoms with E-state index < -0.39 is 0 Å². The van der Waals surface area contributed by atoms with Crippen LogP contribution in [0.2, 0.25) is 0 Å². The molecule has 3 aromatic rings. The third-order valence-corrected chi connectivity index (χ3v) is 8.75. The first kappa shape index (κ1) is 24.9. The molecular formula is C34H43N3. The average Bonchev–Trinajstić information content (AvgIpc) is 3.58. The van der Waals surface area contributed by atoms with Crippen molar-refractivity contribution in [3.63, 3.8) is 0 Å². The monoisotopic (exact) mass is 493 g/mol. The van der Waals surface area contributed by atoms with Crippen LogP contribution in [0.25, 0.3) is 22.3 Å². The molecule has 3 nitrogen and oxygen atoms in total. The van der Waals surface area contributed by atoms with Crippen molar-refractivity contribution in [1.82, 2.24) is 16.0 Å². The van der Waals surface area contributed by atoms with Gasteiger partial charge < -0.3 is 16.0 Å². The molecule has 3 aliphatic rings. The van der Waals surface area contributed by atoms with Crippen LogP contribution in [0.1, 0.15) is 74.5 Å². The van der Waals surface area contributed by atoms with Crippen molar-refractivity contribution in [2.45, 2.75) is 89.5 Å². The van der Waals surface area contributed by atoms with Crippen molar-refractivity contribution in [3.05, 3.63) is 83.4 Å². The molecule has 3 N–H and O–H groups in total. The van der Waals surface area contributed by atoms with Crippen molar-refractivity contribution in [3.8, 4) is 22.3 Å². The minimum Gasteiger partial charge on any atom is -0.312 e. The van der Waals surface area contributed by atoms with E-state index in [0.29, 0.717) is 12.1 Å². The van der Waals surface area contributed by atoms with Gasteiger partial charge in [0.05, 0.1) is 0 Å². The minimum absolute atomic E-state index is 0.678. The van der Waals surface area contributed by atoms with Crippen molar-refractivity contribution >= 4 is 0 Å². The summed E-state index contributed by atoms with van der Waals surface area (Å²) in [6.07, 6.45) is 12.2. The third kappa shape index (κ3) is 6.52. The van der Waals surface area contributed by atoms with Crippen molar-refractivity contribution in [1.29, 1.82) is 0 Å². The molecule has 6 rings (SSSR count). The summed E-state index contributed by atoms with van der Waals surface area (Å²) in [4.78, 5) is 0. The largest absolute Gasteiger partial charge is 0.312 e. The molecule has 0 saturated heterocycles. The zero-order chi connectivity index (χ0) is 24.9. The first-order valence-corrected chi connectivity index (χ1v) is 14.8. The van der Waals surface area contributed by atoms with E-state index >= 15 is 0 Å². The highest BCUT2D eigenvalue weighted by Gasteiger charge is 2.21. The summed E-state index contributed by atoms with van der Waals surface area (Å²) in [6, 6.07) is 26.7. The normalized spacial score (nSPS) is 18.3. The lowest BCUT2D eigenvalue weighted by Crippen LogP contribution is -2.34. The maximum atomic E-state index is 3.84. The molecule has 3 aromatic carbocycles. The molecule has 0 radical (unpaired) electrons. The van der Waals surface area contributed by atoms with Crippen molar-refractivity contribution in [2.75, 3.05) is 6.54 Å². The van der Waals surface area contributed by atoms with Crippen LogP contribution in [-0.4, -0.2) is 18.6 Å². The van der Waals surface area contributed by atoms with Gasteiger partial charge in [-0.05, 0) is 102 Å². The van der Waals surface area contributed by atoms with Gasteiger partial charge in [0.25, 0.3) is 0 Å². The molecule has 37 heavy (non-hydrogen) atoms. The SMILES string of the molecule is c1cc(CNC2CCCC2)cc(-c2ccc(-c3ccccc3CNCC3CC3)cc2CNC2CCC2)c1. The Hall–Kier alpha value is -2.46. The van der Waals surface area contributed by atoms with Gasteiger partial charge in [-0.25, -0.2) is 0 Å². The number of rotatable bonds is 12. The van der Waals surface area contributed by atoms with Gasteiger partial charge in [0.1, 0.15) is 0 Å². The molecule has 0 atom stereocenters. The number of hydrogen-bond acceptors (Lipinski definition) is 3. The predicted molar refractivity (Wildman–Crippen MR) is 155 cm³/mol. The van der Waals surface area contributed by atoms with Gasteiger partial charge in [0, 0.05) is 31.7 Å². The molecule has 3 fully saturated rings. The van der Waals surface area contributed by atoms with E-state index in [4.69, 9.17) is 0 Å². The summed E-state index contributed by atoms with van der Waals surface area (Å²) in [6.45, 7) is 3.99. The lowest BCUT2D eigenvalue weighted by atomic mass is 9.90. The molecule has 3 heteroatoms. The van der Waals surface area contributed by atoms with Gasteiger partial charge in [-0.1, -0.05) is 73.9 Å². The third-order valence-electron chi connectivity index (χ3n) is 8.75. The second-order valence-corrected chi connectivity index (χ2v) is 11.7. The molecule has 0 unspecified atom stereocenters. The zero-order valence-corrected chi connectivity index (χ0v) is 22.3. The second-order valence-electron chi connectivity index (χ2n) is 11.7. The highest BCUT2D eigenvalue weighted by Crippen LogP contribution is 2.33. The van der Waals surface area contributed by atoms with Crippen LogP contribution in [0.5, 0.6) is 0 Å². The summed E-state index contributed by atoms with van der Waals surface area (Å²) in [5, 5.41) is 11.3. The molecule has 3 aliphatic carbocycles. The zero-order valence-electron chi connectivity index (χ0n) is 22.3. The van der Waals surface area contributed by atoms with E-state index in [-0.39, 0.29) is 0 Å². The summed E-state index contributed by atoms with van der Waals surface area (Å²) in [5.74, 6) is 0.903. The quantitative estimate of drug-likeness (QED) is 0.250. The molecular weight excluding hydrogens is 450 g/mol. The highest BCUT2D eigenvalue weighted by atomic mass is 14.9. The maximum Gasteiger partial charge on any atom is 0.0214 e. The number of benzene rings is 3. The van der Waals surface area contributed by atoms with Gasteiger partial charge in [0.2, 0.25) is 0 Å². The van der Waals surface area contributed by atoms with Crippen molar-refractivity contribution in [2.24, 2.45) is 5.92 Å².